The summed E-state index contributed by atoms with van der Waals surface area (Å²) in [7, 11) is 2.15. The smallest absolute Gasteiger partial charge is 0.0897 e. The normalized spacial score (nSPS) is 17.2. The molecule has 0 atom stereocenters. The van der Waals surface area contributed by atoms with Gasteiger partial charge in [0.1, 0.15) is 0 Å². The molecule has 4 nitrogen and oxygen atoms in total. The van der Waals surface area contributed by atoms with Crippen molar-refractivity contribution in [3.8, 4) is 0 Å². The Morgan fingerprint density at radius 2 is 2.26 bits per heavy atom. The molecule has 108 valence electrons. The molecule has 0 saturated carbocycles. The fourth-order valence-corrected chi connectivity index (χ4v) is 2.99. The lowest BCUT2D eigenvalue weighted by molar-refractivity contribution is 0.0284. The molecule has 1 saturated heterocycles. The zero-order chi connectivity index (χ0) is 13.5. The summed E-state index contributed by atoms with van der Waals surface area (Å²) in [5.74, 6) is 0. The highest BCUT2D eigenvalue weighted by atomic mass is 32.1. The number of nitrogens with zero attached hydrogens (tertiary/aromatic N) is 2. The van der Waals surface area contributed by atoms with Gasteiger partial charge in [0.05, 0.1) is 16.8 Å². The number of hydrogen-bond donors (Lipinski definition) is 1. The first-order valence-corrected chi connectivity index (χ1v) is 8.04. The Hall–Kier alpha value is -0.490. The fourth-order valence-electron chi connectivity index (χ4n) is 2.38. The van der Waals surface area contributed by atoms with Crippen LogP contribution in [0.25, 0.3) is 0 Å². The second-order valence-electron chi connectivity index (χ2n) is 5.27. The van der Waals surface area contributed by atoms with E-state index >= 15 is 0 Å². The molecule has 1 aromatic rings. The van der Waals surface area contributed by atoms with Gasteiger partial charge in [-0.2, -0.15) is 0 Å². The monoisotopic (exact) mass is 283 g/mol. The van der Waals surface area contributed by atoms with Crippen LogP contribution in [0.4, 0.5) is 0 Å². The zero-order valence-electron chi connectivity index (χ0n) is 12.0. The van der Waals surface area contributed by atoms with Crippen LogP contribution in [-0.4, -0.2) is 49.3 Å². The molecule has 0 aliphatic carbocycles. The quantitative estimate of drug-likeness (QED) is 0.777. The van der Waals surface area contributed by atoms with Crippen molar-refractivity contribution in [2.24, 2.45) is 0 Å². The van der Waals surface area contributed by atoms with E-state index in [1.807, 2.05) is 0 Å². The first-order valence-electron chi connectivity index (χ1n) is 7.16. The van der Waals surface area contributed by atoms with E-state index < -0.39 is 0 Å². The minimum absolute atomic E-state index is 0.479. The van der Waals surface area contributed by atoms with Crippen molar-refractivity contribution < 1.29 is 4.74 Å². The fraction of sp³-hybridized carbons (Fsp3) is 0.786. The number of aromatic nitrogens is 1. The lowest BCUT2D eigenvalue weighted by Gasteiger charge is -2.23. The Balaban J connectivity index is 1.54. The maximum atomic E-state index is 5.91. The summed E-state index contributed by atoms with van der Waals surface area (Å²) < 4.78 is 5.91. The molecule has 2 rings (SSSR count). The van der Waals surface area contributed by atoms with Crippen molar-refractivity contribution in [1.29, 1.82) is 0 Å². The summed E-state index contributed by atoms with van der Waals surface area (Å²) in [4.78, 5) is 6.81. The summed E-state index contributed by atoms with van der Waals surface area (Å²) in [6, 6.07) is 0. The second-order valence-corrected chi connectivity index (χ2v) is 6.33. The number of piperidine rings is 1. The molecule has 0 amide bonds. The average molecular weight is 283 g/mol. The first kappa shape index (κ1) is 14.9. The van der Waals surface area contributed by atoms with Crippen molar-refractivity contribution in [3.63, 3.8) is 0 Å². The largest absolute Gasteiger partial charge is 0.378 e. The molecular formula is C14H25N3OS. The maximum Gasteiger partial charge on any atom is 0.0897 e. The third-order valence-electron chi connectivity index (χ3n) is 3.42. The maximum absolute atomic E-state index is 5.91. The van der Waals surface area contributed by atoms with Crippen LogP contribution in [0.15, 0.2) is 5.38 Å². The van der Waals surface area contributed by atoms with E-state index in [1.165, 1.54) is 5.69 Å². The predicted octanol–water partition coefficient (Wildman–Crippen LogP) is 2.04. The van der Waals surface area contributed by atoms with Gasteiger partial charge in [-0.1, -0.05) is 0 Å². The third kappa shape index (κ3) is 5.57. The van der Waals surface area contributed by atoms with Gasteiger partial charge in [0, 0.05) is 25.1 Å². The SMILES string of the molecule is Cc1nc(CN(C)CCCOC2CCNCC2)cs1. The van der Waals surface area contributed by atoms with Crippen molar-refractivity contribution in [2.75, 3.05) is 33.3 Å². The molecule has 1 aliphatic rings. The van der Waals surface area contributed by atoms with E-state index in [2.05, 4.69) is 34.6 Å². The van der Waals surface area contributed by atoms with Gasteiger partial charge in [-0.05, 0) is 46.3 Å². The average Bonchev–Trinajstić information content (AvgIpc) is 2.81. The third-order valence-corrected chi connectivity index (χ3v) is 4.24. The molecule has 1 aliphatic heterocycles. The lowest BCUT2D eigenvalue weighted by Crippen LogP contribution is -2.33. The molecule has 1 N–H and O–H groups in total. The highest BCUT2D eigenvalue weighted by Gasteiger charge is 2.12. The molecule has 5 heteroatoms. The number of ether oxygens (including phenoxy) is 1. The Morgan fingerprint density at radius 3 is 2.95 bits per heavy atom. The summed E-state index contributed by atoms with van der Waals surface area (Å²) >= 11 is 1.73. The Kier molecular flexibility index (Phi) is 6.23. The highest BCUT2D eigenvalue weighted by molar-refractivity contribution is 7.09. The Labute approximate surface area is 120 Å². The number of thiazole rings is 1. The topological polar surface area (TPSA) is 37.4 Å². The molecule has 1 aromatic heterocycles. The van der Waals surface area contributed by atoms with E-state index in [9.17, 15) is 0 Å². The zero-order valence-corrected chi connectivity index (χ0v) is 12.8. The van der Waals surface area contributed by atoms with Crippen LogP contribution in [0.2, 0.25) is 0 Å². The van der Waals surface area contributed by atoms with Crippen molar-refractivity contribution in [2.45, 2.75) is 38.8 Å². The Morgan fingerprint density at radius 1 is 1.47 bits per heavy atom. The summed E-state index contributed by atoms with van der Waals surface area (Å²) in [6.07, 6.45) is 3.90. The minimum Gasteiger partial charge on any atom is -0.378 e. The number of nitrogens with one attached hydrogen (secondary N) is 1. The minimum atomic E-state index is 0.479. The van der Waals surface area contributed by atoms with E-state index in [-0.39, 0.29) is 0 Å². The van der Waals surface area contributed by atoms with Gasteiger partial charge in [-0.15, -0.1) is 11.3 Å². The van der Waals surface area contributed by atoms with Crippen LogP contribution in [-0.2, 0) is 11.3 Å². The second kappa shape index (κ2) is 7.94. The molecule has 1 fully saturated rings. The van der Waals surface area contributed by atoms with Crippen LogP contribution < -0.4 is 5.32 Å². The van der Waals surface area contributed by atoms with Gasteiger partial charge in [-0.3, -0.25) is 0 Å². The summed E-state index contributed by atoms with van der Waals surface area (Å²) in [6.45, 7) is 7.16. The van der Waals surface area contributed by atoms with Gasteiger partial charge in [-0.25, -0.2) is 4.98 Å². The van der Waals surface area contributed by atoms with Crippen molar-refractivity contribution in [3.05, 3.63) is 16.1 Å². The molecule has 2 heterocycles. The van der Waals surface area contributed by atoms with Crippen molar-refractivity contribution >= 4 is 11.3 Å². The first-order chi connectivity index (χ1) is 9.24. The van der Waals surface area contributed by atoms with Gasteiger partial charge in [0.15, 0.2) is 0 Å². The van der Waals surface area contributed by atoms with Crippen LogP contribution in [0, 0.1) is 6.92 Å². The molecule has 0 bridgehead atoms. The van der Waals surface area contributed by atoms with E-state index in [0.717, 1.165) is 57.1 Å². The van der Waals surface area contributed by atoms with E-state index in [0.29, 0.717) is 6.10 Å². The van der Waals surface area contributed by atoms with Crippen molar-refractivity contribution in [1.82, 2.24) is 15.2 Å². The number of aryl methyl sites for hydroxylation is 1. The van der Waals surface area contributed by atoms with Gasteiger partial charge >= 0.3 is 0 Å². The Bertz CT molecular complexity index is 363. The highest BCUT2D eigenvalue weighted by Crippen LogP contribution is 2.10. The molecule has 0 radical (unpaired) electrons. The van der Waals surface area contributed by atoms with Gasteiger partial charge in [0.25, 0.3) is 0 Å². The molecule has 0 unspecified atom stereocenters. The summed E-state index contributed by atoms with van der Waals surface area (Å²) in [5.41, 5.74) is 1.18. The summed E-state index contributed by atoms with van der Waals surface area (Å²) in [5, 5.41) is 6.66. The molecule has 19 heavy (non-hydrogen) atoms. The molecule has 0 spiro atoms. The van der Waals surface area contributed by atoms with Gasteiger partial charge < -0.3 is 15.0 Å². The standard InChI is InChI=1S/C14H25N3OS/c1-12-16-13(11-19-12)10-17(2)8-3-9-18-14-4-6-15-7-5-14/h11,14-15H,3-10H2,1-2H3. The lowest BCUT2D eigenvalue weighted by atomic mass is 10.1. The van der Waals surface area contributed by atoms with Crippen LogP contribution >= 0.6 is 11.3 Å². The molecular weight excluding hydrogens is 258 g/mol. The molecule has 0 aromatic carbocycles. The van der Waals surface area contributed by atoms with Crippen LogP contribution in [0.3, 0.4) is 0 Å². The number of rotatable bonds is 7. The van der Waals surface area contributed by atoms with E-state index in [1.54, 1.807) is 11.3 Å². The van der Waals surface area contributed by atoms with Crippen LogP contribution in [0.5, 0.6) is 0 Å². The van der Waals surface area contributed by atoms with Gasteiger partial charge in [0.2, 0.25) is 0 Å². The predicted molar refractivity (Wildman–Crippen MR) is 79.6 cm³/mol. The number of hydrogen-bond acceptors (Lipinski definition) is 5. The van der Waals surface area contributed by atoms with E-state index in [4.69, 9.17) is 4.74 Å². The van der Waals surface area contributed by atoms with Crippen LogP contribution in [0.1, 0.15) is 30.0 Å².